The summed E-state index contributed by atoms with van der Waals surface area (Å²) < 4.78 is 4.87. The molecule has 3 heterocycles. The van der Waals surface area contributed by atoms with Crippen molar-refractivity contribution in [1.82, 2.24) is 4.90 Å². The fraction of sp³-hybridized carbons (Fsp3) is 0.536. The molecule has 2 bridgehead atoms. The van der Waals surface area contributed by atoms with Crippen molar-refractivity contribution >= 4 is 46.8 Å². The summed E-state index contributed by atoms with van der Waals surface area (Å²) in [6.07, 6.45) is 6.68. The molecule has 7 nitrogen and oxygen atoms in total. The summed E-state index contributed by atoms with van der Waals surface area (Å²) >= 11 is 7.67. The molecule has 2 amide bonds. The smallest absolute Gasteiger partial charge is 0.310 e. The number of anilines is 1. The molecule has 3 fully saturated rings. The second kappa shape index (κ2) is 11.6. The van der Waals surface area contributed by atoms with E-state index in [0.717, 1.165) is 25.7 Å². The number of rotatable bonds is 12. The first-order valence-electron chi connectivity index (χ1n) is 12.9. The third-order valence-corrected chi connectivity index (χ3v) is 10.2. The predicted molar refractivity (Wildman–Crippen MR) is 146 cm³/mol. The Balaban J connectivity index is 1.67. The molecule has 3 saturated heterocycles. The number of allylic oxidation sites excluding steroid dienone is 1. The molecule has 1 N–H and O–H groups in total. The van der Waals surface area contributed by atoms with E-state index < -0.39 is 22.6 Å². The number of hydrogen-bond acceptors (Lipinski definition) is 6. The molecule has 0 saturated carbocycles. The maximum atomic E-state index is 14.3. The van der Waals surface area contributed by atoms with Gasteiger partial charge in [0.1, 0.15) is 6.04 Å². The lowest BCUT2D eigenvalue weighted by Crippen LogP contribution is -2.57. The van der Waals surface area contributed by atoms with Crippen LogP contribution in [0.1, 0.15) is 32.6 Å². The van der Waals surface area contributed by atoms with Gasteiger partial charge in [-0.25, -0.2) is 0 Å². The van der Waals surface area contributed by atoms with Crippen molar-refractivity contribution in [2.75, 3.05) is 31.2 Å². The summed E-state index contributed by atoms with van der Waals surface area (Å²) in [5, 5.41) is 10.3. The molecule has 3 aliphatic rings. The summed E-state index contributed by atoms with van der Waals surface area (Å²) in [7, 11) is 0. The van der Waals surface area contributed by atoms with Crippen molar-refractivity contribution in [3.63, 3.8) is 0 Å². The molecule has 200 valence electrons. The molecule has 6 atom stereocenters. The van der Waals surface area contributed by atoms with Crippen LogP contribution in [0.3, 0.4) is 0 Å². The number of likely N-dealkylation sites (tertiary alicyclic amines) is 1. The average Bonchev–Trinajstić information content (AvgIpc) is 3.47. The quantitative estimate of drug-likeness (QED) is 0.241. The Hall–Kier alpha value is -2.29. The molecule has 1 spiro atoms. The molecule has 9 heteroatoms. The number of carbonyl (C=O) groups is 3. The van der Waals surface area contributed by atoms with Crippen LogP contribution in [0.5, 0.6) is 0 Å². The monoisotopic (exact) mass is 546 g/mol. The molecule has 1 aromatic rings. The van der Waals surface area contributed by atoms with Crippen molar-refractivity contribution in [2.24, 2.45) is 17.8 Å². The van der Waals surface area contributed by atoms with Gasteiger partial charge in [-0.05, 0) is 55.9 Å². The maximum absolute atomic E-state index is 14.3. The number of hydrogen-bond donors (Lipinski definition) is 1. The molecule has 37 heavy (non-hydrogen) atoms. The number of amides is 2. The van der Waals surface area contributed by atoms with E-state index in [1.165, 1.54) is 4.90 Å². The number of benzene rings is 1. The van der Waals surface area contributed by atoms with Gasteiger partial charge >= 0.3 is 5.97 Å². The SMILES string of the molecule is C=CCCCCOC(=O)[C@@H]1[C@@H]2CC(C)C3(S2)C(C(=O)N(CC=C)c2ccc(Cl)cc2)N(CCO)C(=O)[C@H]13. The van der Waals surface area contributed by atoms with Crippen LogP contribution >= 0.6 is 23.4 Å². The first-order chi connectivity index (χ1) is 17.8. The zero-order valence-corrected chi connectivity index (χ0v) is 22.8. The lowest BCUT2D eigenvalue weighted by molar-refractivity contribution is -0.154. The number of carbonyl (C=O) groups excluding carboxylic acids is 3. The minimum Gasteiger partial charge on any atom is -0.465 e. The standard InChI is InChI=1S/C28H35ClN2O5S/c1-4-6-7-8-16-36-27(35)22-21-17-18(3)28(37-21)23(22)25(33)31(14-15-32)24(28)26(34)30(13-5-2)20-11-9-19(29)10-12-20/h4-5,9-12,18,21-24,32H,1-2,6-8,13-17H2,3H3/t18?,21-,22+,23-,24?,28?/m0/s1. The second-order valence-electron chi connectivity index (χ2n) is 9.97. The summed E-state index contributed by atoms with van der Waals surface area (Å²) in [5.74, 6) is -2.09. The van der Waals surface area contributed by atoms with Crippen molar-refractivity contribution in [3.8, 4) is 0 Å². The number of ether oxygens (including phenoxy) is 1. The van der Waals surface area contributed by atoms with Gasteiger partial charge in [-0.2, -0.15) is 0 Å². The number of unbranched alkanes of at least 4 members (excludes halogenated alkanes) is 2. The average molecular weight is 547 g/mol. The molecule has 0 radical (unpaired) electrons. The normalized spacial score (nSPS) is 29.8. The zero-order valence-electron chi connectivity index (χ0n) is 21.2. The Morgan fingerprint density at radius 1 is 1.27 bits per heavy atom. The fourth-order valence-electron chi connectivity index (χ4n) is 6.30. The molecule has 3 aliphatic heterocycles. The minimum atomic E-state index is -0.817. The van der Waals surface area contributed by atoms with Gasteiger partial charge in [0, 0.05) is 29.0 Å². The van der Waals surface area contributed by atoms with Gasteiger partial charge < -0.3 is 19.6 Å². The van der Waals surface area contributed by atoms with E-state index in [-0.39, 0.29) is 48.6 Å². The van der Waals surface area contributed by atoms with Crippen LogP contribution in [0.2, 0.25) is 5.02 Å². The maximum Gasteiger partial charge on any atom is 0.310 e. The summed E-state index contributed by atoms with van der Waals surface area (Å²) in [6, 6.07) is 6.14. The third kappa shape index (κ3) is 4.84. The Morgan fingerprint density at radius 3 is 2.65 bits per heavy atom. The van der Waals surface area contributed by atoms with Crippen LogP contribution in [0.25, 0.3) is 0 Å². The summed E-state index contributed by atoms with van der Waals surface area (Å²) in [5.41, 5.74) is 0.645. The van der Waals surface area contributed by atoms with E-state index in [0.29, 0.717) is 17.3 Å². The van der Waals surface area contributed by atoms with Crippen LogP contribution in [-0.2, 0) is 19.1 Å². The van der Waals surface area contributed by atoms with Crippen LogP contribution in [0.15, 0.2) is 49.6 Å². The van der Waals surface area contributed by atoms with Gasteiger partial charge in [0.2, 0.25) is 5.91 Å². The predicted octanol–water partition coefficient (Wildman–Crippen LogP) is 4.09. The van der Waals surface area contributed by atoms with Crippen LogP contribution in [-0.4, -0.2) is 70.1 Å². The van der Waals surface area contributed by atoms with Crippen molar-refractivity contribution in [1.29, 1.82) is 0 Å². The van der Waals surface area contributed by atoms with Crippen LogP contribution in [0.4, 0.5) is 5.69 Å². The topological polar surface area (TPSA) is 87.2 Å². The highest BCUT2D eigenvalue weighted by Gasteiger charge is 2.76. The highest BCUT2D eigenvalue weighted by Crippen LogP contribution is 2.68. The van der Waals surface area contributed by atoms with Gasteiger partial charge in [0.25, 0.3) is 5.91 Å². The van der Waals surface area contributed by atoms with Gasteiger partial charge in [0.15, 0.2) is 0 Å². The van der Waals surface area contributed by atoms with Crippen molar-refractivity contribution in [2.45, 2.75) is 48.6 Å². The van der Waals surface area contributed by atoms with E-state index in [1.54, 1.807) is 47.0 Å². The van der Waals surface area contributed by atoms with Gasteiger partial charge in [-0.3, -0.25) is 14.4 Å². The minimum absolute atomic E-state index is 0.0251. The van der Waals surface area contributed by atoms with E-state index in [2.05, 4.69) is 20.1 Å². The third-order valence-electron chi connectivity index (χ3n) is 7.86. The van der Waals surface area contributed by atoms with Gasteiger partial charge in [-0.1, -0.05) is 30.7 Å². The number of nitrogens with zero attached hydrogens (tertiary/aromatic N) is 2. The summed E-state index contributed by atoms with van der Waals surface area (Å²) in [4.78, 5) is 44.6. The van der Waals surface area contributed by atoms with Gasteiger partial charge in [0.05, 0.1) is 29.8 Å². The highest BCUT2D eigenvalue weighted by molar-refractivity contribution is 8.02. The molecule has 3 unspecified atom stereocenters. The van der Waals surface area contributed by atoms with Gasteiger partial charge in [-0.15, -0.1) is 24.9 Å². The molecular weight excluding hydrogens is 512 g/mol. The Kier molecular flexibility index (Phi) is 8.71. The largest absolute Gasteiger partial charge is 0.465 e. The van der Waals surface area contributed by atoms with Crippen molar-refractivity contribution < 1.29 is 24.2 Å². The number of aliphatic hydroxyl groups excluding tert-OH is 1. The number of thioether (sulfide) groups is 1. The number of esters is 1. The number of β-amino-alcohol motifs (C(OH)–C–C–N with tert-alkyl or cyclic N) is 1. The molecule has 4 rings (SSSR count). The number of halogens is 1. The Morgan fingerprint density at radius 2 is 2.00 bits per heavy atom. The molecule has 1 aromatic carbocycles. The first-order valence-corrected chi connectivity index (χ1v) is 14.1. The lowest BCUT2D eigenvalue weighted by atomic mass is 9.66. The zero-order chi connectivity index (χ0) is 26.7. The summed E-state index contributed by atoms with van der Waals surface area (Å²) in [6.45, 7) is 9.89. The first kappa shape index (κ1) is 27.7. The highest BCUT2D eigenvalue weighted by atomic mass is 35.5. The van der Waals surface area contributed by atoms with E-state index in [1.807, 2.05) is 6.08 Å². The molecule has 0 aromatic heterocycles. The molecule has 0 aliphatic carbocycles. The number of aliphatic hydroxyl groups is 1. The number of fused-ring (bicyclic) bond motifs is 1. The Bertz CT molecular complexity index is 1050. The van der Waals surface area contributed by atoms with E-state index in [4.69, 9.17) is 16.3 Å². The Labute approximate surface area is 227 Å². The molecular formula is C28H35ClN2O5S. The fourth-order valence-corrected chi connectivity index (χ4v) is 8.83. The van der Waals surface area contributed by atoms with Crippen molar-refractivity contribution in [3.05, 3.63) is 54.6 Å². The van der Waals surface area contributed by atoms with Crippen LogP contribution in [0, 0.1) is 17.8 Å². The van der Waals surface area contributed by atoms with E-state index >= 15 is 0 Å². The second-order valence-corrected chi connectivity index (χ2v) is 12.0. The van der Waals surface area contributed by atoms with E-state index in [9.17, 15) is 19.5 Å². The van der Waals surface area contributed by atoms with Crippen LogP contribution < -0.4 is 4.90 Å². The lowest BCUT2D eigenvalue weighted by Gasteiger charge is -2.40.